The number of carbonyl (C=O) groups excluding carboxylic acids is 1. The molecule has 13 heavy (non-hydrogen) atoms. The van der Waals surface area contributed by atoms with Gasteiger partial charge in [-0.3, -0.25) is 4.90 Å². The monoisotopic (exact) mass is 194 g/mol. The molecule has 0 aromatic carbocycles. The molecule has 1 unspecified atom stereocenters. The van der Waals surface area contributed by atoms with Crippen LogP contribution in [0.4, 0.5) is 13.6 Å². The van der Waals surface area contributed by atoms with Crippen molar-refractivity contribution < 1.29 is 18.3 Å². The lowest BCUT2D eigenvalue weighted by Gasteiger charge is -2.14. The summed E-state index contributed by atoms with van der Waals surface area (Å²) in [5, 5.41) is 0. The van der Waals surface area contributed by atoms with E-state index in [4.69, 9.17) is 5.73 Å². The van der Waals surface area contributed by atoms with E-state index in [0.29, 0.717) is 19.5 Å². The van der Waals surface area contributed by atoms with Gasteiger partial charge in [0.1, 0.15) is 6.10 Å². The Morgan fingerprint density at radius 1 is 1.69 bits per heavy atom. The Bertz CT molecular complexity index is 189. The highest BCUT2D eigenvalue weighted by Crippen LogP contribution is 2.13. The number of rotatable bonds is 3. The maximum atomic E-state index is 11.9. The van der Waals surface area contributed by atoms with Crippen LogP contribution < -0.4 is 5.73 Å². The number of amides is 1. The fourth-order valence-corrected chi connectivity index (χ4v) is 1.42. The first kappa shape index (κ1) is 10.2. The number of carbonyl (C=O) groups is 1. The Morgan fingerprint density at radius 2 is 2.38 bits per heavy atom. The van der Waals surface area contributed by atoms with E-state index in [1.54, 1.807) is 4.90 Å². The van der Waals surface area contributed by atoms with E-state index in [2.05, 4.69) is 4.74 Å². The van der Waals surface area contributed by atoms with Crippen molar-refractivity contribution in [2.24, 2.45) is 5.73 Å². The highest BCUT2D eigenvalue weighted by atomic mass is 19.3. The number of ether oxygens (including phenoxy) is 1. The first-order chi connectivity index (χ1) is 6.08. The molecule has 0 saturated carbocycles. The first-order valence-electron chi connectivity index (χ1n) is 4.04. The minimum absolute atomic E-state index is 0.265. The molecule has 1 fully saturated rings. The number of nitrogens with two attached hydrogens (primary N) is 1. The number of hydrogen-bond acceptors (Lipinski definition) is 3. The zero-order valence-electron chi connectivity index (χ0n) is 7.08. The normalized spacial score (nSPS) is 23.8. The fourth-order valence-electron chi connectivity index (χ4n) is 1.42. The second kappa shape index (κ2) is 4.36. The van der Waals surface area contributed by atoms with Crippen molar-refractivity contribution >= 4 is 6.09 Å². The van der Waals surface area contributed by atoms with Crippen LogP contribution in [0.25, 0.3) is 0 Å². The van der Waals surface area contributed by atoms with E-state index >= 15 is 0 Å². The summed E-state index contributed by atoms with van der Waals surface area (Å²) in [5.41, 5.74) is 4.79. The lowest BCUT2D eigenvalue weighted by atomic mass is 10.3. The number of likely N-dealkylation sites (tertiary alicyclic amines) is 1. The molecule has 1 aliphatic rings. The topological polar surface area (TPSA) is 55.6 Å². The molecule has 1 aliphatic heterocycles. The van der Waals surface area contributed by atoms with Gasteiger partial charge in [-0.15, -0.1) is 0 Å². The van der Waals surface area contributed by atoms with Crippen LogP contribution in [0, 0.1) is 0 Å². The maximum Gasteiger partial charge on any atom is 0.404 e. The number of alkyl halides is 2. The second-order valence-electron chi connectivity index (χ2n) is 3.00. The van der Waals surface area contributed by atoms with Crippen LogP contribution in [0.15, 0.2) is 0 Å². The predicted molar refractivity (Wildman–Crippen MR) is 41.5 cm³/mol. The smallest absolute Gasteiger partial charge is 0.404 e. The van der Waals surface area contributed by atoms with Crippen LogP contribution in [0.5, 0.6) is 0 Å². The van der Waals surface area contributed by atoms with Crippen LogP contribution in [0.3, 0.4) is 0 Å². The Hall–Kier alpha value is -0.910. The summed E-state index contributed by atoms with van der Waals surface area (Å²) in [4.78, 5) is 11.9. The van der Waals surface area contributed by atoms with Gasteiger partial charge in [0.15, 0.2) is 0 Å². The lowest BCUT2D eigenvalue weighted by Crippen LogP contribution is -2.30. The lowest BCUT2D eigenvalue weighted by molar-refractivity contribution is 0.0824. The molecule has 1 rings (SSSR count). The van der Waals surface area contributed by atoms with Gasteiger partial charge in [0.25, 0.3) is 6.43 Å². The SMILES string of the molecule is NC(=O)OC1CCN(CC(F)F)C1. The Morgan fingerprint density at radius 3 is 2.92 bits per heavy atom. The summed E-state index contributed by atoms with van der Waals surface area (Å²) in [6.07, 6.45) is -2.93. The second-order valence-corrected chi connectivity index (χ2v) is 3.00. The molecule has 1 amide bonds. The highest BCUT2D eigenvalue weighted by Gasteiger charge is 2.26. The number of primary amides is 1. The zero-order chi connectivity index (χ0) is 9.84. The van der Waals surface area contributed by atoms with Crippen LogP contribution in [0.2, 0.25) is 0 Å². The molecule has 0 radical (unpaired) electrons. The molecular formula is C7H12F2N2O2. The largest absolute Gasteiger partial charge is 0.445 e. The molecule has 0 aromatic rings. The highest BCUT2D eigenvalue weighted by molar-refractivity contribution is 5.64. The molecule has 1 saturated heterocycles. The molecule has 6 heteroatoms. The Balaban J connectivity index is 2.24. The summed E-state index contributed by atoms with van der Waals surface area (Å²) < 4.78 is 28.5. The van der Waals surface area contributed by atoms with Crippen LogP contribution >= 0.6 is 0 Å². The number of nitrogens with zero attached hydrogens (tertiary/aromatic N) is 1. The third-order valence-electron chi connectivity index (χ3n) is 1.91. The van der Waals surface area contributed by atoms with E-state index < -0.39 is 12.5 Å². The molecular weight excluding hydrogens is 182 g/mol. The summed E-state index contributed by atoms with van der Waals surface area (Å²) in [6.45, 7) is 0.619. The van der Waals surface area contributed by atoms with Gasteiger partial charge >= 0.3 is 6.09 Å². The summed E-state index contributed by atoms with van der Waals surface area (Å²) in [5.74, 6) is 0. The van der Waals surface area contributed by atoms with Crippen molar-refractivity contribution in [1.82, 2.24) is 4.90 Å². The van der Waals surface area contributed by atoms with Gasteiger partial charge in [0.05, 0.1) is 6.54 Å². The molecule has 0 bridgehead atoms. The van der Waals surface area contributed by atoms with Crippen molar-refractivity contribution in [3.05, 3.63) is 0 Å². The van der Waals surface area contributed by atoms with Gasteiger partial charge in [-0.05, 0) is 6.42 Å². The van der Waals surface area contributed by atoms with Gasteiger partial charge < -0.3 is 10.5 Å². The minimum Gasteiger partial charge on any atom is -0.445 e. The van der Waals surface area contributed by atoms with Crippen LogP contribution in [-0.4, -0.2) is 43.2 Å². The quantitative estimate of drug-likeness (QED) is 0.708. The molecule has 0 aromatic heterocycles. The molecule has 0 spiro atoms. The summed E-state index contributed by atoms with van der Waals surface area (Å²) in [7, 11) is 0. The van der Waals surface area contributed by atoms with E-state index in [0.717, 1.165) is 0 Å². The standard InChI is InChI=1S/C7H12F2N2O2/c8-6(9)4-11-2-1-5(3-11)13-7(10)12/h5-6H,1-4H2,(H2,10,12). The van der Waals surface area contributed by atoms with Gasteiger partial charge in [0, 0.05) is 13.1 Å². The minimum atomic E-state index is -2.34. The van der Waals surface area contributed by atoms with Crippen LogP contribution in [-0.2, 0) is 4.74 Å². The molecule has 76 valence electrons. The molecule has 1 heterocycles. The van der Waals surface area contributed by atoms with Gasteiger partial charge in [-0.1, -0.05) is 0 Å². The molecule has 2 N–H and O–H groups in total. The zero-order valence-corrected chi connectivity index (χ0v) is 7.08. The Kier molecular flexibility index (Phi) is 3.41. The average molecular weight is 194 g/mol. The summed E-state index contributed by atoms with van der Waals surface area (Å²) >= 11 is 0. The summed E-state index contributed by atoms with van der Waals surface area (Å²) in [6, 6.07) is 0. The van der Waals surface area contributed by atoms with Crippen molar-refractivity contribution in [1.29, 1.82) is 0 Å². The number of hydrogen-bond donors (Lipinski definition) is 1. The van der Waals surface area contributed by atoms with E-state index in [9.17, 15) is 13.6 Å². The van der Waals surface area contributed by atoms with Crippen molar-refractivity contribution in [2.45, 2.75) is 19.0 Å². The fraction of sp³-hybridized carbons (Fsp3) is 0.857. The van der Waals surface area contributed by atoms with Crippen molar-refractivity contribution in [3.8, 4) is 0 Å². The van der Waals surface area contributed by atoms with E-state index in [1.807, 2.05) is 0 Å². The predicted octanol–water partition coefficient (Wildman–Crippen LogP) is 0.421. The van der Waals surface area contributed by atoms with Crippen molar-refractivity contribution in [2.75, 3.05) is 19.6 Å². The van der Waals surface area contributed by atoms with E-state index in [-0.39, 0.29) is 12.6 Å². The molecule has 0 aliphatic carbocycles. The van der Waals surface area contributed by atoms with E-state index in [1.165, 1.54) is 0 Å². The average Bonchev–Trinajstić information content (AvgIpc) is 2.33. The van der Waals surface area contributed by atoms with Crippen LogP contribution in [0.1, 0.15) is 6.42 Å². The van der Waals surface area contributed by atoms with Gasteiger partial charge in [0.2, 0.25) is 0 Å². The third kappa shape index (κ3) is 3.54. The molecule has 4 nitrogen and oxygen atoms in total. The van der Waals surface area contributed by atoms with Gasteiger partial charge in [-0.2, -0.15) is 0 Å². The first-order valence-corrected chi connectivity index (χ1v) is 4.04. The third-order valence-corrected chi connectivity index (χ3v) is 1.91. The van der Waals surface area contributed by atoms with Crippen molar-refractivity contribution in [3.63, 3.8) is 0 Å². The number of halogens is 2. The van der Waals surface area contributed by atoms with Gasteiger partial charge in [-0.25, -0.2) is 13.6 Å². The Labute approximate surface area is 74.6 Å². The maximum absolute atomic E-state index is 11.9. The molecule has 1 atom stereocenters.